The Morgan fingerprint density at radius 1 is 1.24 bits per heavy atom. The van der Waals surface area contributed by atoms with Crippen molar-refractivity contribution >= 4 is 27.3 Å². The number of aryl methyl sites for hydroxylation is 1. The number of nitrogens with zero attached hydrogens (tertiary/aromatic N) is 1. The quantitative estimate of drug-likeness (QED) is 0.773. The monoisotopic (exact) mass is 366 g/mol. The molecule has 0 fully saturated rings. The van der Waals surface area contributed by atoms with Gasteiger partial charge in [0.1, 0.15) is 0 Å². The second kappa shape index (κ2) is 8.06. The van der Waals surface area contributed by atoms with Crippen LogP contribution in [0.25, 0.3) is 0 Å². The summed E-state index contributed by atoms with van der Waals surface area (Å²) in [7, 11) is 0. The topological polar surface area (TPSA) is 24.9 Å². The van der Waals surface area contributed by atoms with Crippen LogP contribution in [-0.4, -0.2) is 17.6 Å². The average molecular weight is 367 g/mol. The predicted molar refractivity (Wildman–Crippen MR) is 95.0 cm³/mol. The van der Waals surface area contributed by atoms with Crippen molar-refractivity contribution in [3.05, 3.63) is 50.4 Å². The second-order valence-corrected chi connectivity index (χ2v) is 7.61. The molecule has 0 aliphatic rings. The summed E-state index contributed by atoms with van der Waals surface area (Å²) in [6.45, 7) is 7.48. The van der Waals surface area contributed by atoms with E-state index in [4.69, 9.17) is 0 Å². The zero-order valence-electron chi connectivity index (χ0n) is 12.9. The van der Waals surface area contributed by atoms with Gasteiger partial charge in [0.15, 0.2) is 0 Å². The summed E-state index contributed by atoms with van der Waals surface area (Å²) in [4.78, 5) is 4.62. The van der Waals surface area contributed by atoms with E-state index in [0.29, 0.717) is 12.0 Å². The Morgan fingerprint density at radius 2 is 2.00 bits per heavy atom. The third-order valence-electron chi connectivity index (χ3n) is 3.41. The van der Waals surface area contributed by atoms with Gasteiger partial charge in [0, 0.05) is 28.0 Å². The minimum Gasteiger partial charge on any atom is -0.314 e. The molecule has 1 unspecified atom stereocenters. The van der Waals surface area contributed by atoms with Crippen molar-refractivity contribution in [1.29, 1.82) is 0 Å². The number of hydrogen-bond acceptors (Lipinski definition) is 3. The third kappa shape index (κ3) is 5.53. The van der Waals surface area contributed by atoms with Crippen LogP contribution in [0.1, 0.15) is 30.1 Å². The first-order valence-corrected chi connectivity index (χ1v) is 9.09. The lowest BCUT2D eigenvalue weighted by Crippen LogP contribution is -2.31. The molecule has 4 heteroatoms. The van der Waals surface area contributed by atoms with Crippen molar-refractivity contribution in [1.82, 2.24) is 10.3 Å². The Morgan fingerprint density at radius 3 is 2.62 bits per heavy atom. The van der Waals surface area contributed by atoms with Gasteiger partial charge in [-0.15, -0.1) is 11.3 Å². The number of nitrogens with one attached hydrogen (secondary N) is 1. The van der Waals surface area contributed by atoms with Crippen LogP contribution in [0.15, 0.2) is 34.1 Å². The predicted octanol–water partition coefficient (Wildman–Crippen LogP) is 4.61. The highest BCUT2D eigenvalue weighted by Crippen LogP contribution is 2.22. The summed E-state index contributed by atoms with van der Waals surface area (Å²) < 4.78 is 1.20. The maximum atomic E-state index is 4.62. The summed E-state index contributed by atoms with van der Waals surface area (Å²) >= 11 is 5.44. The number of aromatic nitrogens is 1. The molecule has 2 aromatic rings. The van der Waals surface area contributed by atoms with Crippen LogP contribution in [-0.2, 0) is 12.8 Å². The summed E-state index contributed by atoms with van der Waals surface area (Å²) in [5, 5.41) is 6.96. The van der Waals surface area contributed by atoms with Crippen LogP contribution in [0.4, 0.5) is 0 Å². The van der Waals surface area contributed by atoms with E-state index in [1.807, 2.05) is 0 Å². The number of hydrogen-bond donors (Lipinski definition) is 1. The van der Waals surface area contributed by atoms with Gasteiger partial charge >= 0.3 is 0 Å². The largest absolute Gasteiger partial charge is 0.314 e. The van der Waals surface area contributed by atoms with Crippen LogP contribution in [0, 0.1) is 12.8 Å². The molecule has 0 saturated carbocycles. The summed E-state index contributed by atoms with van der Waals surface area (Å²) in [6.07, 6.45) is 2.11. The van der Waals surface area contributed by atoms with Gasteiger partial charge in [-0.05, 0) is 37.4 Å². The van der Waals surface area contributed by atoms with Gasteiger partial charge in [0.2, 0.25) is 0 Å². The fourth-order valence-electron chi connectivity index (χ4n) is 2.34. The van der Waals surface area contributed by atoms with E-state index < -0.39 is 0 Å². The summed E-state index contributed by atoms with van der Waals surface area (Å²) in [6, 6.07) is 9.03. The Bertz CT molecular complexity index is 565. The fourth-order valence-corrected chi connectivity index (χ4v) is 3.67. The molecule has 0 saturated heterocycles. The van der Waals surface area contributed by atoms with E-state index in [9.17, 15) is 0 Å². The van der Waals surface area contributed by atoms with Gasteiger partial charge in [-0.3, -0.25) is 0 Å². The molecule has 21 heavy (non-hydrogen) atoms. The van der Waals surface area contributed by atoms with Crippen molar-refractivity contribution in [3.8, 4) is 0 Å². The van der Waals surface area contributed by atoms with Crippen LogP contribution >= 0.6 is 27.3 Å². The van der Waals surface area contributed by atoms with Gasteiger partial charge in [-0.2, -0.15) is 0 Å². The van der Waals surface area contributed by atoms with E-state index in [-0.39, 0.29) is 0 Å². The first kappa shape index (κ1) is 16.7. The number of benzene rings is 1. The SMILES string of the molecule is Cc1csc(CC(CNC(C)C)Cc2ccccc2Br)n1. The molecule has 1 aromatic heterocycles. The molecule has 1 heterocycles. The highest BCUT2D eigenvalue weighted by Gasteiger charge is 2.14. The Hall–Kier alpha value is -0.710. The van der Waals surface area contributed by atoms with Crippen molar-refractivity contribution in [2.24, 2.45) is 5.92 Å². The molecular formula is C17H23BrN2S. The van der Waals surface area contributed by atoms with Crippen molar-refractivity contribution in [3.63, 3.8) is 0 Å². The van der Waals surface area contributed by atoms with Crippen LogP contribution < -0.4 is 5.32 Å². The second-order valence-electron chi connectivity index (χ2n) is 5.81. The minimum absolute atomic E-state index is 0.518. The van der Waals surface area contributed by atoms with Crippen molar-refractivity contribution < 1.29 is 0 Å². The molecule has 0 aliphatic carbocycles. The maximum Gasteiger partial charge on any atom is 0.0931 e. The molecule has 0 bridgehead atoms. The van der Waals surface area contributed by atoms with Crippen LogP contribution in [0.5, 0.6) is 0 Å². The highest BCUT2D eigenvalue weighted by molar-refractivity contribution is 9.10. The lowest BCUT2D eigenvalue weighted by molar-refractivity contribution is 0.443. The molecule has 1 N–H and O–H groups in total. The van der Waals surface area contributed by atoms with E-state index in [2.05, 4.69) is 76.6 Å². The first-order valence-electron chi connectivity index (χ1n) is 7.42. The lowest BCUT2D eigenvalue weighted by atomic mass is 9.96. The fraction of sp³-hybridized carbons (Fsp3) is 0.471. The van der Waals surface area contributed by atoms with Crippen LogP contribution in [0.3, 0.4) is 0 Å². The maximum absolute atomic E-state index is 4.62. The average Bonchev–Trinajstić information content (AvgIpc) is 2.84. The Kier molecular flexibility index (Phi) is 6.40. The van der Waals surface area contributed by atoms with E-state index in [1.54, 1.807) is 11.3 Å². The molecule has 0 spiro atoms. The molecule has 1 aromatic carbocycles. The summed E-state index contributed by atoms with van der Waals surface area (Å²) in [5.41, 5.74) is 2.51. The molecule has 1 atom stereocenters. The molecule has 0 aliphatic heterocycles. The smallest absolute Gasteiger partial charge is 0.0931 e. The van der Waals surface area contributed by atoms with Gasteiger partial charge in [-0.25, -0.2) is 4.98 Å². The molecule has 0 amide bonds. The van der Waals surface area contributed by atoms with E-state index in [0.717, 1.165) is 25.1 Å². The Labute approximate surface area is 140 Å². The molecule has 2 nitrogen and oxygen atoms in total. The van der Waals surface area contributed by atoms with Gasteiger partial charge in [0.25, 0.3) is 0 Å². The number of halogens is 1. The van der Waals surface area contributed by atoms with Gasteiger partial charge < -0.3 is 5.32 Å². The molecule has 0 radical (unpaired) electrons. The third-order valence-corrected chi connectivity index (χ3v) is 5.17. The van der Waals surface area contributed by atoms with E-state index >= 15 is 0 Å². The molecular weight excluding hydrogens is 344 g/mol. The normalized spacial score (nSPS) is 12.8. The summed E-state index contributed by atoms with van der Waals surface area (Å²) in [5.74, 6) is 0.566. The van der Waals surface area contributed by atoms with Gasteiger partial charge in [0.05, 0.1) is 5.01 Å². The number of rotatable bonds is 7. The van der Waals surface area contributed by atoms with Gasteiger partial charge in [-0.1, -0.05) is 48.0 Å². The van der Waals surface area contributed by atoms with Crippen molar-refractivity contribution in [2.75, 3.05) is 6.54 Å². The van der Waals surface area contributed by atoms with Crippen molar-refractivity contribution in [2.45, 2.75) is 39.7 Å². The minimum atomic E-state index is 0.518. The van der Waals surface area contributed by atoms with E-state index in [1.165, 1.54) is 15.0 Å². The highest BCUT2D eigenvalue weighted by atomic mass is 79.9. The molecule has 2 rings (SSSR count). The zero-order valence-corrected chi connectivity index (χ0v) is 15.3. The number of thiazole rings is 1. The Balaban J connectivity index is 2.06. The zero-order chi connectivity index (χ0) is 15.2. The first-order chi connectivity index (χ1) is 10.0. The van der Waals surface area contributed by atoms with Crippen LogP contribution in [0.2, 0.25) is 0 Å². The standard InChI is InChI=1S/C17H23BrN2S/c1-12(2)19-10-14(9-17-20-13(3)11-21-17)8-15-6-4-5-7-16(15)18/h4-7,11-12,14,19H,8-10H2,1-3H3. The molecule has 114 valence electrons. The lowest BCUT2D eigenvalue weighted by Gasteiger charge is -2.19.